The van der Waals surface area contributed by atoms with E-state index in [1.807, 2.05) is 0 Å². The molecule has 1 saturated carbocycles. The number of aliphatic hydroxyl groups is 1. The first kappa shape index (κ1) is 30.9. The van der Waals surface area contributed by atoms with E-state index in [2.05, 4.69) is 27.7 Å². The third kappa shape index (κ3) is 10.9. The van der Waals surface area contributed by atoms with Gasteiger partial charge >= 0.3 is 0 Å². The molecule has 2 aliphatic rings. The summed E-state index contributed by atoms with van der Waals surface area (Å²) in [7, 11) is 0. The van der Waals surface area contributed by atoms with Crippen molar-refractivity contribution in [2.75, 3.05) is 33.0 Å². The highest BCUT2D eigenvalue weighted by Crippen LogP contribution is 2.33. The summed E-state index contributed by atoms with van der Waals surface area (Å²) in [6, 6.07) is 0. The fourth-order valence-electron chi connectivity index (χ4n) is 4.63. The molecule has 0 amide bonds. The molecule has 0 spiro atoms. The highest BCUT2D eigenvalue weighted by Gasteiger charge is 2.50. The van der Waals surface area contributed by atoms with Crippen LogP contribution in [0.4, 0.5) is 0 Å². The van der Waals surface area contributed by atoms with Crippen LogP contribution < -0.4 is 0 Å². The second kappa shape index (κ2) is 18.9. The average Bonchev–Trinajstić information content (AvgIpc) is 2.86. The molecule has 5 unspecified atom stereocenters. The maximum atomic E-state index is 10.6. The minimum atomic E-state index is -0.623. The van der Waals surface area contributed by atoms with Crippen LogP contribution in [0.1, 0.15) is 105 Å². The third-order valence-electron chi connectivity index (χ3n) is 6.92. The summed E-state index contributed by atoms with van der Waals surface area (Å²) in [5, 5.41) is 10.6. The van der Waals surface area contributed by atoms with Crippen LogP contribution in [0.25, 0.3) is 0 Å². The smallest absolute Gasteiger partial charge is 0.187 e. The summed E-state index contributed by atoms with van der Waals surface area (Å²) in [6.45, 7) is 11.7. The Kier molecular flexibility index (Phi) is 16.7. The molecule has 1 N–H and O–H groups in total. The van der Waals surface area contributed by atoms with Gasteiger partial charge in [-0.1, -0.05) is 66.2 Å². The van der Waals surface area contributed by atoms with Crippen molar-refractivity contribution in [1.29, 1.82) is 0 Å². The Morgan fingerprint density at radius 3 is 1.83 bits per heavy atom. The molecular weight excluding hydrogens is 448 g/mol. The Labute approximate surface area is 214 Å². The predicted octanol–water partition coefficient (Wildman–Crippen LogP) is 5.40. The highest BCUT2D eigenvalue weighted by molar-refractivity contribution is 4.94. The zero-order valence-electron chi connectivity index (χ0n) is 23.0. The Balaban J connectivity index is 2.25. The van der Waals surface area contributed by atoms with E-state index in [9.17, 15) is 5.11 Å². The molecule has 208 valence electrons. The Bertz CT molecular complexity index is 506. The summed E-state index contributed by atoms with van der Waals surface area (Å²) in [4.78, 5) is 0. The minimum Gasteiger partial charge on any atom is -0.390 e. The van der Waals surface area contributed by atoms with Crippen molar-refractivity contribution in [3.63, 3.8) is 0 Å². The van der Waals surface area contributed by atoms with Gasteiger partial charge in [-0.15, -0.1) is 0 Å². The normalized spacial score (nSPS) is 31.6. The summed E-state index contributed by atoms with van der Waals surface area (Å²) >= 11 is 0. The van der Waals surface area contributed by atoms with Gasteiger partial charge < -0.3 is 33.5 Å². The second-order valence-electron chi connectivity index (χ2n) is 10.1. The summed E-state index contributed by atoms with van der Waals surface area (Å²) in [6.07, 6.45) is 9.21. The van der Waals surface area contributed by atoms with E-state index < -0.39 is 18.5 Å². The quantitative estimate of drug-likeness (QED) is 0.237. The molecule has 7 nitrogen and oxygen atoms in total. The molecule has 2 rings (SSSR count). The van der Waals surface area contributed by atoms with Gasteiger partial charge in [0.05, 0.1) is 18.8 Å². The van der Waals surface area contributed by atoms with E-state index in [-0.39, 0.29) is 24.4 Å². The van der Waals surface area contributed by atoms with Crippen molar-refractivity contribution in [2.45, 2.75) is 148 Å². The standard InChI is InChI=1S/C28H54O7/c1-5-9-17-30-21-24-25(31-18-10-6-2)26(32-19-11-7-3)27(33-20-12-8-4)28(35-24)34-23-16-14-13-15-22(23)29/h22-29H,5-21H2,1-4H3/t22-,23-,24?,25?,26?,27?,28?/m1/s1. The van der Waals surface area contributed by atoms with Gasteiger partial charge in [0.15, 0.2) is 6.29 Å². The maximum Gasteiger partial charge on any atom is 0.187 e. The lowest BCUT2D eigenvalue weighted by Crippen LogP contribution is -2.63. The molecule has 1 aliphatic carbocycles. The third-order valence-corrected chi connectivity index (χ3v) is 6.92. The Hall–Kier alpha value is -0.280. The number of aliphatic hydroxyl groups excluding tert-OH is 1. The van der Waals surface area contributed by atoms with Crippen LogP contribution in [0, 0.1) is 0 Å². The van der Waals surface area contributed by atoms with Crippen LogP contribution in [-0.2, 0) is 28.4 Å². The molecule has 1 heterocycles. The van der Waals surface area contributed by atoms with Crippen molar-refractivity contribution in [3.05, 3.63) is 0 Å². The van der Waals surface area contributed by atoms with Gasteiger partial charge in [0.25, 0.3) is 0 Å². The number of rotatable bonds is 19. The van der Waals surface area contributed by atoms with Gasteiger partial charge in [0, 0.05) is 26.4 Å². The van der Waals surface area contributed by atoms with Gasteiger partial charge in [0.2, 0.25) is 0 Å². The van der Waals surface area contributed by atoms with Crippen molar-refractivity contribution >= 4 is 0 Å². The van der Waals surface area contributed by atoms with Crippen LogP contribution in [0.3, 0.4) is 0 Å². The molecule has 0 bridgehead atoms. The van der Waals surface area contributed by atoms with Crippen LogP contribution in [0.2, 0.25) is 0 Å². The number of hydrogen-bond donors (Lipinski definition) is 1. The largest absolute Gasteiger partial charge is 0.390 e. The fraction of sp³-hybridized carbons (Fsp3) is 1.00. The summed E-state index contributed by atoms with van der Waals surface area (Å²) < 4.78 is 38.3. The summed E-state index contributed by atoms with van der Waals surface area (Å²) in [5.74, 6) is 0. The SMILES string of the molecule is CCCCOCC1OC(O[C@@H]2CCCC[C@H]2O)C(OCCCC)C(OCCCC)C1OCCCC. The lowest BCUT2D eigenvalue weighted by atomic mass is 9.94. The fourth-order valence-corrected chi connectivity index (χ4v) is 4.63. The molecular formula is C28H54O7. The Morgan fingerprint density at radius 1 is 0.686 bits per heavy atom. The van der Waals surface area contributed by atoms with E-state index in [4.69, 9.17) is 28.4 Å². The van der Waals surface area contributed by atoms with E-state index >= 15 is 0 Å². The second-order valence-corrected chi connectivity index (χ2v) is 10.1. The van der Waals surface area contributed by atoms with Crippen LogP contribution in [-0.4, -0.2) is 81.1 Å². The average molecular weight is 503 g/mol. The molecule has 0 aromatic rings. The molecule has 35 heavy (non-hydrogen) atoms. The molecule has 0 aromatic heterocycles. The first-order valence-electron chi connectivity index (χ1n) is 14.6. The lowest BCUT2D eigenvalue weighted by molar-refractivity contribution is -0.337. The maximum absolute atomic E-state index is 10.6. The number of unbranched alkanes of at least 4 members (excludes halogenated alkanes) is 4. The van der Waals surface area contributed by atoms with E-state index in [0.29, 0.717) is 33.0 Å². The number of ether oxygens (including phenoxy) is 6. The molecule has 1 aliphatic heterocycles. The van der Waals surface area contributed by atoms with Gasteiger partial charge in [-0.3, -0.25) is 0 Å². The van der Waals surface area contributed by atoms with Crippen molar-refractivity contribution in [1.82, 2.24) is 0 Å². The summed E-state index contributed by atoms with van der Waals surface area (Å²) in [5.41, 5.74) is 0. The molecule has 0 radical (unpaired) electrons. The van der Waals surface area contributed by atoms with Gasteiger partial charge in [-0.25, -0.2) is 0 Å². The minimum absolute atomic E-state index is 0.249. The first-order chi connectivity index (χ1) is 17.2. The van der Waals surface area contributed by atoms with Gasteiger partial charge in [0.1, 0.15) is 24.4 Å². The van der Waals surface area contributed by atoms with Crippen LogP contribution >= 0.6 is 0 Å². The van der Waals surface area contributed by atoms with Crippen LogP contribution in [0.15, 0.2) is 0 Å². The first-order valence-corrected chi connectivity index (χ1v) is 14.6. The molecule has 7 heteroatoms. The monoisotopic (exact) mass is 502 g/mol. The van der Waals surface area contributed by atoms with Crippen molar-refractivity contribution in [2.24, 2.45) is 0 Å². The van der Waals surface area contributed by atoms with Gasteiger partial charge in [-0.2, -0.15) is 0 Å². The lowest BCUT2D eigenvalue weighted by Gasteiger charge is -2.47. The van der Waals surface area contributed by atoms with Crippen molar-refractivity contribution < 1.29 is 33.5 Å². The number of hydrogen-bond acceptors (Lipinski definition) is 7. The zero-order chi connectivity index (χ0) is 25.3. The van der Waals surface area contributed by atoms with E-state index in [0.717, 1.165) is 77.0 Å². The molecule has 0 aromatic carbocycles. The van der Waals surface area contributed by atoms with Gasteiger partial charge in [-0.05, 0) is 38.5 Å². The van der Waals surface area contributed by atoms with E-state index in [1.54, 1.807) is 0 Å². The Morgan fingerprint density at radius 2 is 1.23 bits per heavy atom. The zero-order valence-corrected chi connectivity index (χ0v) is 23.0. The predicted molar refractivity (Wildman–Crippen MR) is 138 cm³/mol. The van der Waals surface area contributed by atoms with Crippen molar-refractivity contribution in [3.8, 4) is 0 Å². The molecule has 2 fully saturated rings. The highest BCUT2D eigenvalue weighted by atomic mass is 16.7. The van der Waals surface area contributed by atoms with Crippen LogP contribution in [0.5, 0.6) is 0 Å². The molecule has 7 atom stereocenters. The molecule has 1 saturated heterocycles. The van der Waals surface area contributed by atoms with E-state index in [1.165, 1.54) is 0 Å². The topological polar surface area (TPSA) is 75.6 Å².